The molecule has 8 nitrogen and oxygen atoms in total. The Morgan fingerprint density at radius 2 is 1.97 bits per heavy atom. The van der Waals surface area contributed by atoms with Gasteiger partial charge in [0.2, 0.25) is 5.43 Å². The van der Waals surface area contributed by atoms with Crippen molar-refractivity contribution in [3.63, 3.8) is 0 Å². The highest BCUT2D eigenvalue weighted by Gasteiger charge is 2.43. The Balaban J connectivity index is 1.72. The van der Waals surface area contributed by atoms with Crippen molar-refractivity contribution in [2.45, 2.75) is 32.0 Å². The monoisotopic (exact) mass is 465 g/mol. The van der Waals surface area contributed by atoms with Gasteiger partial charge in [-0.25, -0.2) is 13.2 Å². The van der Waals surface area contributed by atoms with Crippen molar-refractivity contribution < 1.29 is 32.2 Å². The zero-order chi connectivity index (χ0) is 23.9. The number of nitrogens with one attached hydrogen (secondary N) is 1. The Morgan fingerprint density at radius 3 is 2.67 bits per heavy atom. The Labute approximate surface area is 186 Å². The second-order valence-corrected chi connectivity index (χ2v) is 7.77. The van der Waals surface area contributed by atoms with Gasteiger partial charge < -0.3 is 24.3 Å². The van der Waals surface area contributed by atoms with Gasteiger partial charge in [0.1, 0.15) is 5.56 Å². The van der Waals surface area contributed by atoms with E-state index in [4.69, 9.17) is 9.47 Å². The molecule has 2 atom stereocenters. The molecule has 0 aliphatic carbocycles. The minimum atomic E-state index is -1.65. The molecule has 0 saturated carbocycles. The molecule has 0 spiro atoms. The van der Waals surface area contributed by atoms with Gasteiger partial charge in [0.15, 0.2) is 28.9 Å². The van der Waals surface area contributed by atoms with Gasteiger partial charge >= 0.3 is 0 Å². The Hall–Kier alpha value is -3.34. The molecule has 1 saturated heterocycles. The van der Waals surface area contributed by atoms with E-state index >= 15 is 0 Å². The summed E-state index contributed by atoms with van der Waals surface area (Å²) in [6.07, 6.45) is 1.85. The summed E-state index contributed by atoms with van der Waals surface area (Å²) in [4.78, 5) is 40.6. The number of carbonyl (C=O) groups is 2. The number of halogens is 3. The van der Waals surface area contributed by atoms with Crippen molar-refractivity contribution in [1.82, 2.24) is 14.8 Å². The standard InChI is InChI=1S/C22H22F3N3O5/c1-3-27-15-10-33-7-6-14(15)28-9-12(19(29)20(32-2)18(28)22(27)31)21(30)26-8-11-4-5-13(23)17(25)16(11)24/h4-5,9,14-15H,3,6-8,10H2,1-2H3,(H,26,30)/t14-,15+/m0/s1. The second kappa shape index (κ2) is 8.89. The van der Waals surface area contributed by atoms with Gasteiger partial charge in [0.05, 0.1) is 25.8 Å². The zero-order valence-corrected chi connectivity index (χ0v) is 18.0. The maximum atomic E-state index is 13.9. The number of methoxy groups -OCH3 is 1. The van der Waals surface area contributed by atoms with E-state index in [1.807, 2.05) is 6.92 Å². The van der Waals surface area contributed by atoms with E-state index in [1.165, 1.54) is 13.3 Å². The van der Waals surface area contributed by atoms with Crippen LogP contribution in [0.1, 0.15) is 45.8 Å². The predicted octanol–water partition coefficient (Wildman–Crippen LogP) is 2.01. The first-order chi connectivity index (χ1) is 15.8. The molecule has 2 aromatic rings. The first-order valence-corrected chi connectivity index (χ1v) is 10.4. The maximum Gasteiger partial charge on any atom is 0.274 e. The molecule has 1 aromatic heterocycles. The fraction of sp³-hybridized carbons (Fsp3) is 0.409. The average molecular weight is 465 g/mol. The lowest BCUT2D eigenvalue weighted by Crippen LogP contribution is -2.55. The molecular weight excluding hydrogens is 443 g/mol. The molecule has 3 heterocycles. The quantitative estimate of drug-likeness (QED) is 0.683. The molecule has 4 rings (SSSR count). The summed E-state index contributed by atoms with van der Waals surface area (Å²) in [5.41, 5.74) is -1.36. The molecule has 2 aliphatic heterocycles. The van der Waals surface area contributed by atoms with Crippen LogP contribution in [-0.2, 0) is 11.3 Å². The third-order valence-electron chi connectivity index (χ3n) is 6.05. The largest absolute Gasteiger partial charge is 0.491 e. The van der Waals surface area contributed by atoms with E-state index < -0.39 is 41.2 Å². The minimum Gasteiger partial charge on any atom is -0.491 e. The fourth-order valence-corrected chi connectivity index (χ4v) is 4.40. The third-order valence-corrected chi connectivity index (χ3v) is 6.05. The van der Waals surface area contributed by atoms with Gasteiger partial charge in [-0.2, -0.15) is 0 Å². The van der Waals surface area contributed by atoms with Gasteiger partial charge in [0, 0.05) is 31.5 Å². The van der Waals surface area contributed by atoms with Crippen LogP contribution in [-0.4, -0.2) is 54.2 Å². The number of nitrogens with zero attached hydrogens (tertiary/aromatic N) is 2. The fourth-order valence-electron chi connectivity index (χ4n) is 4.40. The van der Waals surface area contributed by atoms with Crippen molar-refractivity contribution in [3.8, 4) is 5.75 Å². The molecule has 0 radical (unpaired) electrons. The Morgan fingerprint density at radius 1 is 1.21 bits per heavy atom. The van der Waals surface area contributed by atoms with Crippen molar-refractivity contribution in [1.29, 1.82) is 0 Å². The predicted molar refractivity (Wildman–Crippen MR) is 110 cm³/mol. The summed E-state index contributed by atoms with van der Waals surface area (Å²) in [7, 11) is 1.23. The number of fused-ring (bicyclic) bond motifs is 3. The first-order valence-electron chi connectivity index (χ1n) is 10.4. The van der Waals surface area contributed by atoms with Crippen molar-refractivity contribution in [3.05, 3.63) is 62.8 Å². The first kappa shape index (κ1) is 22.8. The molecule has 0 bridgehead atoms. The van der Waals surface area contributed by atoms with Crippen molar-refractivity contribution in [2.75, 3.05) is 26.9 Å². The van der Waals surface area contributed by atoms with Crippen LogP contribution in [0.25, 0.3) is 0 Å². The summed E-state index contributed by atoms with van der Waals surface area (Å²) in [5, 5.41) is 2.35. The van der Waals surface area contributed by atoms with Gasteiger partial charge in [0.25, 0.3) is 11.8 Å². The highest BCUT2D eigenvalue weighted by Crippen LogP contribution is 2.35. The smallest absolute Gasteiger partial charge is 0.274 e. The second-order valence-electron chi connectivity index (χ2n) is 7.77. The molecule has 176 valence electrons. The molecule has 1 aromatic carbocycles. The number of benzene rings is 1. The molecule has 11 heteroatoms. The molecule has 0 unspecified atom stereocenters. The number of rotatable bonds is 5. The van der Waals surface area contributed by atoms with Crippen LogP contribution in [0.3, 0.4) is 0 Å². The zero-order valence-electron chi connectivity index (χ0n) is 18.0. The number of pyridine rings is 1. The summed E-state index contributed by atoms with van der Waals surface area (Å²) in [5.74, 6) is -5.97. The number of aromatic nitrogens is 1. The van der Waals surface area contributed by atoms with Crippen LogP contribution < -0.4 is 15.5 Å². The van der Waals surface area contributed by atoms with E-state index in [0.29, 0.717) is 26.2 Å². The van der Waals surface area contributed by atoms with E-state index in [2.05, 4.69) is 5.32 Å². The highest BCUT2D eigenvalue weighted by molar-refractivity contribution is 5.99. The van der Waals surface area contributed by atoms with E-state index in [9.17, 15) is 27.6 Å². The summed E-state index contributed by atoms with van der Waals surface area (Å²) in [6, 6.07) is 1.23. The molecular formula is C22H22F3N3O5. The van der Waals surface area contributed by atoms with E-state index in [1.54, 1.807) is 9.47 Å². The van der Waals surface area contributed by atoms with Crippen LogP contribution in [0.15, 0.2) is 23.1 Å². The van der Waals surface area contributed by atoms with Gasteiger partial charge in [-0.3, -0.25) is 14.4 Å². The molecule has 1 N–H and O–H groups in total. The molecule has 1 fully saturated rings. The lowest BCUT2D eigenvalue weighted by molar-refractivity contribution is -0.0176. The Bertz CT molecular complexity index is 1180. The van der Waals surface area contributed by atoms with Crippen LogP contribution in [0.5, 0.6) is 5.75 Å². The number of ether oxygens (including phenoxy) is 2. The van der Waals surface area contributed by atoms with E-state index in [-0.39, 0.29) is 34.7 Å². The number of hydrogen-bond acceptors (Lipinski definition) is 5. The number of likely N-dealkylation sites (N-methyl/N-ethyl adjacent to an activating group) is 1. The Kier molecular flexibility index (Phi) is 6.15. The lowest BCUT2D eigenvalue weighted by Gasteiger charge is -2.45. The number of carbonyl (C=O) groups excluding carboxylic acids is 2. The highest BCUT2D eigenvalue weighted by atomic mass is 19.2. The molecule has 2 aliphatic rings. The van der Waals surface area contributed by atoms with Crippen LogP contribution >= 0.6 is 0 Å². The third kappa shape index (κ3) is 3.75. The van der Waals surface area contributed by atoms with Crippen LogP contribution in [0.2, 0.25) is 0 Å². The van der Waals surface area contributed by atoms with E-state index in [0.717, 1.165) is 12.1 Å². The number of amides is 2. The minimum absolute atomic E-state index is 0.0516. The SMILES string of the molecule is CCN1C(=O)c2c(OC)c(=O)c(C(=O)NCc3ccc(F)c(F)c3F)cn2[C@H]2CCOC[C@H]21. The van der Waals surface area contributed by atoms with Crippen molar-refractivity contribution in [2.24, 2.45) is 0 Å². The summed E-state index contributed by atoms with van der Waals surface area (Å²) < 4.78 is 52.9. The van der Waals surface area contributed by atoms with Crippen LogP contribution in [0.4, 0.5) is 13.2 Å². The summed E-state index contributed by atoms with van der Waals surface area (Å²) >= 11 is 0. The maximum absolute atomic E-state index is 13.9. The molecule has 2 amide bonds. The summed E-state index contributed by atoms with van der Waals surface area (Å²) in [6.45, 7) is 2.51. The van der Waals surface area contributed by atoms with Gasteiger partial charge in [-0.05, 0) is 19.4 Å². The normalized spacial score (nSPS) is 19.7. The van der Waals surface area contributed by atoms with Gasteiger partial charge in [-0.15, -0.1) is 0 Å². The van der Waals surface area contributed by atoms with Crippen molar-refractivity contribution >= 4 is 11.8 Å². The lowest BCUT2D eigenvalue weighted by atomic mass is 9.96. The van der Waals surface area contributed by atoms with Crippen LogP contribution in [0, 0.1) is 17.5 Å². The topological polar surface area (TPSA) is 89.9 Å². The average Bonchev–Trinajstić information content (AvgIpc) is 2.82. The molecule has 33 heavy (non-hydrogen) atoms. The number of hydrogen-bond donors (Lipinski definition) is 1. The van der Waals surface area contributed by atoms with Gasteiger partial charge in [-0.1, -0.05) is 6.07 Å².